The van der Waals surface area contributed by atoms with E-state index < -0.39 is 16.1 Å². The maximum atomic E-state index is 12.1. The summed E-state index contributed by atoms with van der Waals surface area (Å²) < 4.78 is 16.7. The summed E-state index contributed by atoms with van der Waals surface area (Å²) in [4.78, 5) is 37.6. The number of hydrogen-bond acceptors (Lipinski definition) is 8. The average Bonchev–Trinajstić information content (AvgIpc) is 2.83. The predicted molar refractivity (Wildman–Crippen MR) is 152 cm³/mol. The van der Waals surface area contributed by atoms with Gasteiger partial charge in [0.2, 0.25) is 0 Å². The Balaban J connectivity index is 0.000000337. The molecule has 0 spiro atoms. The van der Waals surface area contributed by atoms with Gasteiger partial charge in [0.05, 0.1) is 11.0 Å². The van der Waals surface area contributed by atoms with Crippen molar-refractivity contribution in [3.05, 3.63) is 33.9 Å². The summed E-state index contributed by atoms with van der Waals surface area (Å²) in [5.74, 6) is 0.799. The molecule has 40 heavy (non-hydrogen) atoms. The van der Waals surface area contributed by atoms with E-state index in [1.807, 2.05) is 55.4 Å². The molecule has 0 radical (unpaired) electrons. The van der Waals surface area contributed by atoms with Crippen molar-refractivity contribution in [2.75, 3.05) is 26.2 Å². The van der Waals surface area contributed by atoms with Crippen LogP contribution in [0.1, 0.15) is 92.6 Å². The molecular weight excluding hydrogens is 518 g/mol. The van der Waals surface area contributed by atoms with E-state index >= 15 is 0 Å². The van der Waals surface area contributed by atoms with Gasteiger partial charge in [-0.25, -0.2) is 9.59 Å². The van der Waals surface area contributed by atoms with Crippen LogP contribution in [0, 0.1) is 10.1 Å². The Morgan fingerprint density at radius 1 is 0.900 bits per heavy atom. The quantitative estimate of drug-likeness (QED) is 0.354. The number of nitro benzene ring substituents is 1. The standard InChI is InChI=1S/C19H28N2O5.C10H19NO3/c1-13(2)16-12-14(21(23)24)6-7-17(16)25-15-8-10-20(11-9-15)18(22)26-19(3,4)5;1-10(2,3)14-9(13)11-6-4-8(12)5-7-11/h6-7,12-13,15H,8-11H2,1-5H3;8,12H,4-7H2,1-3H3. The van der Waals surface area contributed by atoms with Crippen LogP contribution >= 0.6 is 0 Å². The molecule has 11 heteroatoms. The fraction of sp³-hybridized carbons (Fsp3) is 0.724. The van der Waals surface area contributed by atoms with E-state index in [0.29, 0.717) is 57.6 Å². The summed E-state index contributed by atoms with van der Waals surface area (Å²) in [6.07, 6.45) is 1.86. The van der Waals surface area contributed by atoms with Crippen LogP contribution in [-0.4, -0.2) is 81.6 Å². The zero-order valence-corrected chi connectivity index (χ0v) is 25.3. The van der Waals surface area contributed by atoms with E-state index in [-0.39, 0.29) is 36.0 Å². The lowest BCUT2D eigenvalue weighted by molar-refractivity contribution is -0.385. The molecule has 2 aliphatic heterocycles. The molecular formula is C29H47N3O8. The molecule has 0 unspecified atom stereocenters. The SMILES string of the molecule is CC(C)(C)OC(=O)N1CCC(O)CC1.CC(C)c1cc([N+](=O)[O-])ccc1OC1CCN(C(=O)OC(C)(C)C)CC1. The van der Waals surface area contributed by atoms with E-state index in [9.17, 15) is 24.8 Å². The van der Waals surface area contributed by atoms with Crippen molar-refractivity contribution in [1.82, 2.24) is 9.80 Å². The van der Waals surface area contributed by atoms with Crippen LogP contribution in [0.25, 0.3) is 0 Å². The molecule has 226 valence electrons. The van der Waals surface area contributed by atoms with E-state index in [4.69, 9.17) is 14.2 Å². The van der Waals surface area contributed by atoms with Crippen molar-refractivity contribution >= 4 is 17.9 Å². The van der Waals surface area contributed by atoms with Gasteiger partial charge in [-0.3, -0.25) is 10.1 Å². The highest BCUT2D eigenvalue weighted by Gasteiger charge is 2.29. The molecule has 2 saturated heterocycles. The van der Waals surface area contributed by atoms with Gasteiger partial charge in [0.15, 0.2) is 0 Å². The van der Waals surface area contributed by atoms with Crippen LogP contribution in [0.4, 0.5) is 15.3 Å². The Bertz CT molecular complexity index is 1000. The number of likely N-dealkylation sites (tertiary alicyclic amines) is 2. The molecule has 2 heterocycles. The Morgan fingerprint density at radius 3 is 1.75 bits per heavy atom. The number of aliphatic hydroxyl groups excluding tert-OH is 1. The molecule has 11 nitrogen and oxygen atoms in total. The number of nitrogens with zero attached hydrogens (tertiary/aromatic N) is 3. The molecule has 0 aliphatic carbocycles. The third-order valence-electron chi connectivity index (χ3n) is 6.33. The molecule has 1 aromatic carbocycles. The van der Waals surface area contributed by atoms with Crippen LogP contribution < -0.4 is 4.74 Å². The van der Waals surface area contributed by atoms with Crippen molar-refractivity contribution in [2.24, 2.45) is 0 Å². The number of carbonyl (C=O) groups excluding carboxylic acids is 2. The largest absolute Gasteiger partial charge is 0.490 e. The van der Waals surface area contributed by atoms with Crippen molar-refractivity contribution in [1.29, 1.82) is 0 Å². The number of carbonyl (C=O) groups is 2. The van der Waals surface area contributed by atoms with Gasteiger partial charge in [0.1, 0.15) is 23.1 Å². The van der Waals surface area contributed by atoms with Gasteiger partial charge < -0.3 is 29.1 Å². The van der Waals surface area contributed by atoms with E-state index in [2.05, 4.69) is 0 Å². The number of piperidine rings is 2. The fourth-order valence-corrected chi connectivity index (χ4v) is 4.25. The highest BCUT2D eigenvalue weighted by Crippen LogP contribution is 2.32. The minimum atomic E-state index is -0.505. The first-order chi connectivity index (χ1) is 18.4. The number of non-ortho nitro benzene ring substituents is 1. The number of aliphatic hydroxyl groups is 1. The number of nitro groups is 1. The first kappa shape index (κ1) is 33.1. The highest BCUT2D eigenvalue weighted by molar-refractivity contribution is 5.68. The topological polar surface area (TPSA) is 132 Å². The van der Waals surface area contributed by atoms with E-state index in [1.54, 1.807) is 21.9 Å². The average molecular weight is 566 g/mol. The monoisotopic (exact) mass is 565 g/mol. The first-order valence-electron chi connectivity index (χ1n) is 14.0. The molecule has 0 atom stereocenters. The Hall–Kier alpha value is -3.08. The number of rotatable bonds is 4. The molecule has 1 N–H and O–H groups in total. The summed E-state index contributed by atoms with van der Waals surface area (Å²) >= 11 is 0. The van der Waals surface area contributed by atoms with Crippen LogP contribution in [-0.2, 0) is 9.47 Å². The van der Waals surface area contributed by atoms with Crippen LogP contribution in [0.3, 0.4) is 0 Å². The van der Waals surface area contributed by atoms with Gasteiger partial charge in [-0.1, -0.05) is 13.8 Å². The zero-order chi connectivity index (χ0) is 30.3. The summed E-state index contributed by atoms with van der Waals surface area (Å²) in [6.45, 7) is 17.4. The fourth-order valence-electron chi connectivity index (χ4n) is 4.25. The second kappa shape index (κ2) is 14.0. The second-order valence-corrected chi connectivity index (χ2v) is 12.6. The Labute approximate surface area is 237 Å². The molecule has 3 rings (SSSR count). The summed E-state index contributed by atoms with van der Waals surface area (Å²) in [5.41, 5.74) is -0.0442. The summed E-state index contributed by atoms with van der Waals surface area (Å²) in [7, 11) is 0. The van der Waals surface area contributed by atoms with Gasteiger partial charge in [0, 0.05) is 56.7 Å². The van der Waals surface area contributed by atoms with Gasteiger partial charge in [-0.15, -0.1) is 0 Å². The maximum absolute atomic E-state index is 12.1. The molecule has 0 aromatic heterocycles. The van der Waals surface area contributed by atoms with Gasteiger partial charge in [-0.05, 0) is 66.4 Å². The third-order valence-corrected chi connectivity index (χ3v) is 6.33. The maximum Gasteiger partial charge on any atom is 0.410 e. The molecule has 0 bridgehead atoms. The molecule has 2 aliphatic rings. The van der Waals surface area contributed by atoms with Crippen molar-refractivity contribution < 1.29 is 33.8 Å². The van der Waals surface area contributed by atoms with Crippen molar-refractivity contribution in [2.45, 2.75) is 110 Å². The van der Waals surface area contributed by atoms with Crippen LogP contribution in [0.5, 0.6) is 5.75 Å². The minimum absolute atomic E-state index is 0.0207. The number of hydrogen-bond donors (Lipinski definition) is 1. The lowest BCUT2D eigenvalue weighted by atomic mass is 10.0. The summed E-state index contributed by atoms with van der Waals surface area (Å²) in [5, 5.41) is 20.3. The lowest BCUT2D eigenvalue weighted by Crippen LogP contribution is -2.44. The third kappa shape index (κ3) is 11.2. The molecule has 1 aromatic rings. The van der Waals surface area contributed by atoms with Gasteiger partial charge >= 0.3 is 12.2 Å². The molecule has 0 saturated carbocycles. The lowest BCUT2D eigenvalue weighted by Gasteiger charge is -2.34. The number of ether oxygens (including phenoxy) is 3. The summed E-state index contributed by atoms with van der Waals surface area (Å²) in [6, 6.07) is 4.72. The number of benzene rings is 1. The Kier molecular flexibility index (Phi) is 11.6. The smallest absolute Gasteiger partial charge is 0.410 e. The normalized spacial score (nSPS) is 17.1. The zero-order valence-electron chi connectivity index (χ0n) is 25.3. The van der Waals surface area contributed by atoms with Crippen LogP contribution in [0.15, 0.2) is 18.2 Å². The molecule has 2 fully saturated rings. The second-order valence-electron chi connectivity index (χ2n) is 12.6. The van der Waals surface area contributed by atoms with Crippen molar-refractivity contribution in [3.63, 3.8) is 0 Å². The predicted octanol–water partition coefficient (Wildman–Crippen LogP) is 5.87. The Morgan fingerprint density at radius 2 is 1.35 bits per heavy atom. The van der Waals surface area contributed by atoms with Gasteiger partial charge in [0.25, 0.3) is 5.69 Å². The van der Waals surface area contributed by atoms with Gasteiger partial charge in [-0.2, -0.15) is 0 Å². The first-order valence-corrected chi connectivity index (χ1v) is 14.0. The van der Waals surface area contributed by atoms with Crippen molar-refractivity contribution in [3.8, 4) is 5.75 Å². The van der Waals surface area contributed by atoms with Crippen LogP contribution in [0.2, 0.25) is 0 Å². The minimum Gasteiger partial charge on any atom is -0.490 e. The van der Waals surface area contributed by atoms with E-state index in [1.165, 1.54) is 6.07 Å². The number of amides is 2. The van der Waals surface area contributed by atoms with E-state index in [0.717, 1.165) is 5.56 Å². The molecule has 2 amide bonds. The highest BCUT2D eigenvalue weighted by atomic mass is 16.6.